The van der Waals surface area contributed by atoms with Crippen LogP contribution in [0.5, 0.6) is 0 Å². The molecule has 1 aliphatic heterocycles. The van der Waals surface area contributed by atoms with Crippen LogP contribution in [-0.4, -0.2) is 31.1 Å². The fourth-order valence-electron chi connectivity index (χ4n) is 3.98. The van der Waals surface area contributed by atoms with Crippen LogP contribution in [0, 0.1) is 0 Å². The molecule has 118 valence electrons. The van der Waals surface area contributed by atoms with E-state index in [2.05, 4.69) is 51.1 Å². The van der Waals surface area contributed by atoms with E-state index < -0.39 is 0 Å². The monoisotopic (exact) mass is 362 g/mol. The minimum absolute atomic E-state index is 0.324. The Balaban J connectivity index is 1.87. The number of carbonyl (C=O) groups excluding carboxylic acids is 1. The van der Waals surface area contributed by atoms with Crippen molar-refractivity contribution in [3.8, 4) is 0 Å². The first-order valence-corrected chi connectivity index (χ1v) is 9.01. The first-order valence-electron chi connectivity index (χ1n) is 8.22. The lowest BCUT2D eigenvalue weighted by molar-refractivity contribution is 0.255. The summed E-state index contributed by atoms with van der Waals surface area (Å²) >= 11 is 3.77. The van der Waals surface area contributed by atoms with Crippen molar-refractivity contribution in [3.05, 3.63) is 33.8 Å². The van der Waals surface area contributed by atoms with Crippen LogP contribution in [0.3, 0.4) is 0 Å². The molecule has 3 rings (SSSR count). The zero-order valence-electron chi connectivity index (χ0n) is 13.1. The molecule has 0 atom stereocenters. The predicted molar refractivity (Wildman–Crippen MR) is 91.9 cm³/mol. The Hall–Kier alpha value is -0.960. The van der Waals surface area contributed by atoms with E-state index in [1.54, 1.807) is 6.08 Å². The van der Waals surface area contributed by atoms with E-state index in [4.69, 9.17) is 0 Å². The summed E-state index contributed by atoms with van der Waals surface area (Å²) in [6.45, 7) is 2.33. The Labute approximate surface area is 140 Å². The Kier molecular flexibility index (Phi) is 4.82. The van der Waals surface area contributed by atoms with Crippen molar-refractivity contribution >= 4 is 22.0 Å². The van der Waals surface area contributed by atoms with Gasteiger partial charge in [-0.15, -0.1) is 0 Å². The van der Waals surface area contributed by atoms with Crippen LogP contribution < -0.4 is 0 Å². The van der Waals surface area contributed by atoms with Gasteiger partial charge >= 0.3 is 0 Å². The fraction of sp³-hybridized carbons (Fsp3) is 0.611. The average Bonchev–Trinajstić information content (AvgIpc) is 2.98. The summed E-state index contributed by atoms with van der Waals surface area (Å²) in [5.41, 5.74) is 2.24. The van der Waals surface area contributed by atoms with Gasteiger partial charge in [0.15, 0.2) is 0 Å². The van der Waals surface area contributed by atoms with Gasteiger partial charge in [-0.25, -0.2) is 4.79 Å². The van der Waals surface area contributed by atoms with Crippen LogP contribution in [0.2, 0.25) is 0 Å². The van der Waals surface area contributed by atoms with E-state index >= 15 is 0 Å². The molecule has 0 N–H and O–H groups in total. The number of piperidine rings is 1. The van der Waals surface area contributed by atoms with Crippen molar-refractivity contribution in [2.24, 2.45) is 4.99 Å². The summed E-state index contributed by atoms with van der Waals surface area (Å²) in [6, 6.07) is 6.63. The number of aliphatic imine (C=N–C) groups is 1. The summed E-state index contributed by atoms with van der Waals surface area (Å²) < 4.78 is 1.17. The molecule has 1 saturated carbocycles. The van der Waals surface area contributed by atoms with Gasteiger partial charge < -0.3 is 4.90 Å². The molecule has 0 amide bonds. The van der Waals surface area contributed by atoms with Gasteiger partial charge in [-0.05, 0) is 68.9 Å². The molecule has 3 nitrogen and oxygen atoms in total. The van der Waals surface area contributed by atoms with E-state index in [0.29, 0.717) is 5.92 Å². The fourth-order valence-corrected chi connectivity index (χ4v) is 4.68. The van der Waals surface area contributed by atoms with Crippen LogP contribution in [0.15, 0.2) is 27.7 Å². The van der Waals surface area contributed by atoms with Gasteiger partial charge in [-0.3, -0.25) is 0 Å². The van der Waals surface area contributed by atoms with Crippen LogP contribution in [-0.2, 0) is 10.3 Å². The minimum Gasteiger partial charge on any atom is -0.306 e. The molecule has 1 saturated heterocycles. The van der Waals surface area contributed by atoms with Crippen LogP contribution >= 0.6 is 15.9 Å². The quantitative estimate of drug-likeness (QED) is 0.590. The van der Waals surface area contributed by atoms with Gasteiger partial charge in [0.05, 0.1) is 5.54 Å². The molecule has 0 radical (unpaired) electrons. The molecule has 2 fully saturated rings. The van der Waals surface area contributed by atoms with Gasteiger partial charge in [-0.1, -0.05) is 40.9 Å². The Morgan fingerprint density at radius 1 is 1.27 bits per heavy atom. The molecule has 1 aromatic carbocycles. The molecule has 1 aliphatic carbocycles. The minimum atomic E-state index is -0.324. The molecule has 22 heavy (non-hydrogen) atoms. The van der Waals surface area contributed by atoms with Crippen molar-refractivity contribution in [2.75, 3.05) is 20.1 Å². The second-order valence-electron chi connectivity index (χ2n) is 6.76. The van der Waals surface area contributed by atoms with Crippen molar-refractivity contribution in [2.45, 2.75) is 50.0 Å². The van der Waals surface area contributed by atoms with E-state index in [9.17, 15) is 4.79 Å². The summed E-state index contributed by atoms with van der Waals surface area (Å²) in [6.07, 6.45) is 8.43. The topological polar surface area (TPSA) is 32.7 Å². The second kappa shape index (κ2) is 6.66. The summed E-state index contributed by atoms with van der Waals surface area (Å²) in [7, 11) is 2.19. The number of halogens is 1. The van der Waals surface area contributed by atoms with Gasteiger partial charge in [0.25, 0.3) is 0 Å². The maximum Gasteiger partial charge on any atom is 0.235 e. The van der Waals surface area contributed by atoms with Crippen LogP contribution in [0.1, 0.15) is 55.6 Å². The first kappa shape index (κ1) is 15.9. The second-order valence-corrected chi connectivity index (χ2v) is 7.61. The maximum absolute atomic E-state index is 10.9. The Morgan fingerprint density at radius 2 is 1.95 bits per heavy atom. The smallest absolute Gasteiger partial charge is 0.235 e. The third kappa shape index (κ3) is 3.05. The number of nitrogens with zero attached hydrogens (tertiary/aromatic N) is 2. The van der Waals surface area contributed by atoms with Crippen molar-refractivity contribution in [1.82, 2.24) is 4.90 Å². The lowest BCUT2D eigenvalue weighted by Crippen LogP contribution is -2.29. The van der Waals surface area contributed by atoms with E-state index in [1.165, 1.54) is 22.9 Å². The highest BCUT2D eigenvalue weighted by Gasteiger charge is 2.36. The van der Waals surface area contributed by atoms with Crippen LogP contribution in [0.25, 0.3) is 0 Å². The highest BCUT2D eigenvalue weighted by molar-refractivity contribution is 9.10. The highest BCUT2D eigenvalue weighted by Crippen LogP contribution is 2.44. The van der Waals surface area contributed by atoms with Gasteiger partial charge in [0.2, 0.25) is 6.08 Å². The molecule has 1 heterocycles. The van der Waals surface area contributed by atoms with Crippen molar-refractivity contribution in [3.63, 3.8) is 0 Å². The molecule has 2 aliphatic rings. The Morgan fingerprint density at radius 3 is 2.55 bits per heavy atom. The molecular formula is C18H23BrN2O. The number of benzene rings is 1. The highest BCUT2D eigenvalue weighted by atomic mass is 79.9. The van der Waals surface area contributed by atoms with Gasteiger partial charge in [-0.2, -0.15) is 4.99 Å². The number of hydrogen-bond donors (Lipinski definition) is 0. The third-order valence-corrected chi connectivity index (χ3v) is 6.07. The SMILES string of the molecule is CN1CCC(c2ccc(C3(N=C=O)CCCC3)cc2Br)CC1. The first-order chi connectivity index (χ1) is 10.6. The molecule has 0 unspecified atom stereocenters. The molecule has 4 heteroatoms. The predicted octanol–water partition coefficient (Wildman–Crippen LogP) is 4.36. The number of isocyanates is 1. The summed E-state index contributed by atoms with van der Waals surface area (Å²) in [4.78, 5) is 17.4. The van der Waals surface area contributed by atoms with E-state index in [0.717, 1.165) is 44.3 Å². The number of likely N-dealkylation sites (tertiary alicyclic amines) is 1. The molecule has 0 aromatic heterocycles. The van der Waals surface area contributed by atoms with Crippen LogP contribution in [0.4, 0.5) is 0 Å². The van der Waals surface area contributed by atoms with Crippen molar-refractivity contribution in [1.29, 1.82) is 0 Å². The molecule has 0 bridgehead atoms. The Bertz CT molecular complexity index is 581. The van der Waals surface area contributed by atoms with Gasteiger partial charge in [0.1, 0.15) is 0 Å². The van der Waals surface area contributed by atoms with E-state index in [-0.39, 0.29) is 5.54 Å². The number of hydrogen-bond acceptors (Lipinski definition) is 3. The lowest BCUT2D eigenvalue weighted by atomic mass is 9.85. The van der Waals surface area contributed by atoms with Gasteiger partial charge in [0, 0.05) is 4.47 Å². The number of rotatable bonds is 3. The standard InChI is InChI=1S/C18H23BrN2O/c1-21-10-6-14(7-11-21)16-5-4-15(12-17(16)19)18(20-13-22)8-2-3-9-18/h4-5,12,14H,2-3,6-11H2,1H3. The van der Waals surface area contributed by atoms with Crippen molar-refractivity contribution < 1.29 is 4.79 Å². The average molecular weight is 363 g/mol. The zero-order chi connectivity index (χ0) is 15.6. The summed E-state index contributed by atoms with van der Waals surface area (Å²) in [5.74, 6) is 0.633. The maximum atomic E-state index is 10.9. The molecular weight excluding hydrogens is 340 g/mol. The summed E-state index contributed by atoms with van der Waals surface area (Å²) in [5, 5.41) is 0. The zero-order valence-corrected chi connectivity index (χ0v) is 14.7. The largest absolute Gasteiger partial charge is 0.306 e. The normalized spacial score (nSPS) is 22.5. The molecule has 0 spiro atoms. The molecule has 1 aromatic rings. The third-order valence-electron chi connectivity index (χ3n) is 5.39. The van der Waals surface area contributed by atoms with E-state index in [1.807, 2.05) is 0 Å². The lowest BCUT2D eigenvalue weighted by Gasteiger charge is -2.30.